The topological polar surface area (TPSA) is 83.2 Å². The van der Waals surface area contributed by atoms with Gasteiger partial charge in [0.25, 0.3) is 11.8 Å². The number of methoxy groups -OCH3 is 1. The molecule has 3 N–H and O–H groups in total. The van der Waals surface area contributed by atoms with Crippen LogP contribution in [0.5, 0.6) is 5.75 Å². The van der Waals surface area contributed by atoms with Crippen molar-refractivity contribution in [2.75, 3.05) is 12.4 Å². The summed E-state index contributed by atoms with van der Waals surface area (Å²) in [7, 11) is 1.60. The molecule has 0 unspecified atom stereocenters. The van der Waals surface area contributed by atoms with Gasteiger partial charge in [0.15, 0.2) is 0 Å². The first-order chi connectivity index (χ1) is 15.1. The summed E-state index contributed by atoms with van der Waals surface area (Å²) in [6.45, 7) is 0. The normalized spacial score (nSPS) is 11.2. The van der Waals surface area contributed by atoms with Crippen LogP contribution in [0.3, 0.4) is 0 Å². The highest BCUT2D eigenvalue weighted by atomic mass is 16.5. The highest BCUT2D eigenvalue weighted by molar-refractivity contribution is 6.11. The number of benzene rings is 3. The van der Waals surface area contributed by atoms with E-state index in [1.54, 1.807) is 55.8 Å². The van der Waals surface area contributed by atoms with Crippen LogP contribution in [0.4, 0.5) is 5.69 Å². The van der Waals surface area contributed by atoms with Gasteiger partial charge in [0, 0.05) is 33.9 Å². The van der Waals surface area contributed by atoms with Crippen molar-refractivity contribution in [2.45, 2.75) is 0 Å². The molecule has 154 valence electrons. The van der Waals surface area contributed by atoms with Gasteiger partial charge in [-0.3, -0.25) is 9.59 Å². The molecule has 1 aromatic heterocycles. The van der Waals surface area contributed by atoms with Crippen LogP contribution in [-0.2, 0) is 4.79 Å². The number of fused-ring (bicyclic) bond motifs is 1. The number of hydrogen-bond acceptors (Lipinski definition) is 3. The van der Waals surface area contributed by atoms with Gasteiger partial charge in [-0.05, 0) is 48.5 Å². The molecule has 31 heavy (non-hydrogen) atoms. The first kappa shape index (κ1) is 20.0. The van der Waals surface area contributed by atoms with Crippen molar-refractivity contribution in [1.29, 1.82) is 0 Å². The van der Waals surface area contributed by atoms with Crippen molar-refractivity contribution in [1.82, 2.24) is 10.3 Å². The summed E-state index contributed by atoms with van der Waals surface area (Å²) in [6.07, 6.45) is 3.44. The van der Waals surface area contributed by atoms with E-state index in [2.05, 4.69) is 15.6 Å². The summed E-state index contributed by atoms with van der Waals surface area (Å²) in [6, 6.07) is 23.5. The Morgan fingerprint density at radius 2 is 1.65 bits per heavy atom. The van der Waals surface area contributed by atoms with Crippen LogP contribution < -0.4 is 15.4 Å². The van der Waals surface area contributed by atoms with Gasteiger partial charge in [0.05, 0.1) is 7.11 Å². The lowest BCUT2D eigenvalue weighted by atomic mass is 10.1. The van der Waals surface area contributed by atoms with Crippen molar-refractivity contribution in [3.8, 4) is 5.75 Å². The summed E-state index contributed by atoms with van der Waals surface area (Å²) in [5.74, 6) is -0.0921. The van der Waals surface area contributed by atoms with Crippen LogP contribution in [0.25, 0.3) is 17.0 Å². The second-order valence-corrected chi connectivity index (χ2v) is 6.85. The molecule has 0 aliphatic heterocycles. The molecule has 1 heterocycles. The minimum Gasteiger partial charge on any atom is -0.497 e. The summed E-state index contributed by atoms with van der Waals surface area (Å²) < 4.78 is 5.32. The first-order valence-corrected chi connectivity index (χ1v) is 9.73. The van der Waals surface area contributed by atoms with Crippen LogP contribution in [0, 0.1) is 0 Å². The van der Waals surface area contributed by atoms with Crippen LogP contribution >= 0.6 is 0 Å². The molecule has 0 saturated carbocycles. The Hall–Kier alpha value is -4.32. The molecule has 0 spiro atoms. The lowest BCUT2D eigenvalue weighted by molar-refractivity contribution is -0.113. The Morgan fingerprint density at radius 1 is 0.935 bits per heavy atom. The standard InChI is InChI=1S/C25H21N3O3/c1-31-20-12-13-22-21(15-20)18(16-26-22)14-23(25(30)27-19-10-6-3-7-11-19)28-24(29)17-8-4-2-5-9-17/h2-16,26H,1H3,(H,27,30)(H,28,29)/b23-14-. The minimum absolute atomic E-state index is 0.126. The molecule has 0 radical (unpaired) electrons. The Morgan fingerprint density at radius 3 is 2.35 bits per heavy atom. The third-order valence-electron chi connectivity index (χ3n) is 4.78. The molecular weight excluding hydrogens is 390 g/mol. The van der Waals surface area contributed by atoms with Crippen molar-refractivity contribution >= 4 is 34.5 Å². The number of para-hydroxylation sites is 1. The van der Waals surface area contributed by atoms with Crippen LogP contribution in [0.2, 0.25) is 0 Å². The van der Waals surface area contributed by atoms with E-state index in [9.17, 15) is 9.59 Å². The van der Waals surface area contributed by atoms with E-state index in [0.29, 0.717) is 17.0 Å². The maximum Gasteiger partial charge on any atom is 0.272 e. The first-order valence-electron chi connectivity index (χ1n) is 9.73. The zero-order chi connectivity index (χ0) is 21.6. The highest BCUT2D eigenvalue weighted by Gasteiger charge is 2.16. The predicted molar refractivity (Wildman–Crippen MR) is 122 cm³/mol. The lowest BCUT2D eigenvalue weighted by Crippen LogP contribution is -2.30. The van der Waals surface area contributed by atoms with Crippen LogP contribution in [-0.4, -0.2) is 23.9 Å². The summed E-state index contributed by atoms with van der Waals surface area (Å²) >= 11 is 0. The molecule has 0 saturated heterocycles. The molecule has 4 aromatic rings. The second-order valence-electron chi connectivity index (χ2n) is 6.85. The van der Waals surface area contributed by atoms with Crippen molar-refractivity contribution in [2.24, 2.45) is 0 Å². The zero-order valence-corrected chi connectivity index (χ0v) is 16.9. The average Bonchev–Trinajstić information content (AvgIpc) is 3.21. The molecule has 0 atom stereocenters. The smallest absolute Gasteiger partial charge is 0.272 e. The molecule has 0 bridgehead atoms. The number of anilines is 1. The molecule has 2 amide bonds. The molecule has 4 rings (SSSR count). The zero-order valence-electron chi connectivity index (χ0n) is 16.9. The molecule has 0 fully saturated rings. The van der Waals surface area contributed by atoms with Crippen molar-refractivity contribution < 1.29 is 14.3 Å². The molecular formula is C25H21N3O3. The van der Waals surface area contributed by atoms with Gasteiger partial charge in [0.2, 0.25) is 0 Å². The van der Waals surface area contributed by atoms with Gasteiger partial charge in [-0.1, -0.05) is 36.4 Å². The lowest BCUT2D eigenvalue weighted by Gasteiger charge is -2.11. The molecule has 0 aliphatic carbocycles. The Labute approximate surface area is 179 Å². The summed E-state index contributed by atoms with van der Waals surface area (Å²) in [5.41, 5.74) is 2.86. The van der Waals surface area contributed by atoms with Gasteiger partial charge < -0.3 is 20.4 Å². The summed E-state index contributed by atoms with van der Waals surface area (Å²) in [4.78, 5) is 29.0. The monoisotopic (exact) mass is 411 g/mol. The number of aromatic amines is 1. The van der Waals surface area contributed by atoms with Gasteiger partial charge in [-0.2, -0.15) is 0 Å². The second kappa shape index (κ2) is 9.00. The van der Waals surface area contributed by atoms with Gasteiger partial charge in [-0.25, -0.2) is 0 Å². The number of carbonyl (C=O) groups excluding carboxylic acids is 2. The largest absolute Gasteiger partial charge is 0.497 e. The van der Waals surface area contributed by atoms with E-state index in [1.165, 1.54) is 0 Å². The van der Waals surface area contributed by atoms with E-state index < -0.39 is 5.91 Å². The van der Waals surface area contributed by atoms with E-state index in [4.69, 9.17) is 4.74 Å². The van der Waals surface area contributed by atoms with Gasteiger partial charge in [0.1, 0.15) is 11.4 Å². The summed E-state index contributed by atoms with van der Waals surface area (Å²) in [5, 5.41) is 6.45. The number of aromatic nitrogens is 1. The number of H-pyrrole nitrogens is 1. The molecule has 6 heteroatoms. The van der Waals surface area contributed by atoms with E-state index in [0.717, 1.165) is 16.5 Å². The predicted octanol–water partition coefficient (Wildman–Crippen LogP) is 4.59. The molecule has 0 aliphatic rings. The SMILES string of the molecule is COc1ccc2[nH]cc(/C=C(\NC(=O)c3ccccc3)C(=O)Nc3ccccc3)c2c1. The van der Waals surface area contributed by atoms with Crippen LogP contribution in [0.15, 0.2) is 90.8 Å². The Balaban J connectivity index is 1.70. The average molecular weight is 411 g/mol. The fraction of sp³-hybridized carbons (Fsp3) is 0.0400. The number of carbonyl (C=O) groups is 2. The number of amides is 2. The third kappa shape index (κ3) is 4.64. The van der Waals surface area contributed by atoms with Gasteiger partial charge in [-0.15, -0.1) is 0 Å². The number of hydrogen-bond donors (Lipinski definition) is 3. The number of rotatable bonds is 6. The van der Waals surface area contributed by atoms with E-state index in [1.807, 2.05) is 42.5 Å². The number of nitrogens with one attached hydrogen (secondary N) is 3. The minimum atomic E-state index is -0.423. The van der Waals surface area contributed by atoms with Crippen LogP contribution in [0.1, 0.15) is 15.9 Å². The highest BCUT2D eigenvalue weighted by Crippen LogP contribution is 2.25. The van der Waals surface area contributed by atoms with Gasteiger partial charge >= 0.3 is 0 Å². The Kier molecular flexibility index (Phi) is 5.80. The Bertz CT molecular complexity index is 1250. The van der Waals surface area contributed by atoms with Crippen molar-refractivity contribution in [3.63, 3.8) is 0 Å². The molecule has 6 nitrogen and oxygen atoms in total. The molecule has 3 aromatic carbocycles. The quantitative estimate of drug-likeness (QED) is 0.406. The fourth-order valence-electron chi connectivity index (χ4n) is 3.19. The maximum atomic E-state index is 13.0. The van der Waals surface area contributed by atoms with E-state index >= 15 is 0 Å². The maximum absolute atomic E-state index is 13.0. The van der Waals surface area contributed by atoms with Crippen molar-refractivity contribution in [3.05, 3.63) is 102 Å². The fourth-order valence-corrected chi connectivity index (χ4v) is 3.19. The van der Waals surface area contributed by atoms with E-state index in [-0.39, 0.29) is 11.6 Å². The number of ether oxygens (including phenoxy) is 1. The third-order valence-corrected chi connectivity index (χ3v) is 4.78.